The van der Waals surface area contributed by atoms with Gasteiger partial charge in [0.15, 0.2) is 14.7 Å². The van der Waals surface area contributed by atoms with Crippen LogP contribution in [0.15, 0.2) is 29.2 Å². The molecule has 134 valence electrons. The van der Waals surface area contributed by atoms with Crippen LogP contribution in [0.25, 0.3) is 0 Å². The van der Waals surface area contributed by atoms with Gasteiger partial charge in [0.25, 0.3) is 5.91 Å². The van der Waals surface area contributed by atoms with Gasteiger partial charge in [-0.15, -0.1) is 0 Å². The Morgan fingerprint density at radius 3 is 2.29 bits per heavy atom. The van der Waals surface area contributed by atoms with Gasteiger partial charge >= 0.3 is 5.97 Å². The van der Waals surface area contributed by atoms with E-state index in [4.69, 9.17) is 27.9 Å². The van der Waals surface area contributed by atoms with Crippen molar-refractivity contribution in [3.63, 3.8) is 0 Å². The molecule has 0 saturated heterocycles. The molecule has 0 heterocycles. The molecule has 1 aromatic rings. The zero-order valence-corrected chi connectivity index (χ0v) is 16.7. The maximum absolute atomic E-state index is 12.0. The third-order valence-electron chi connectivity index (χ3n) is 2.96. The summed E-state index contributed by atoms with van der Waals surface area (Å²) in [5, 5.41) is 0.0571. The van der Waals surface area contributed by atoms with Crippen LogP contribution in [-0.2, 0) is 30.7 Å². The summed E-state index contributed by atoms with van der Waals surface area (Å²) < 4.78 is 27.8. The standard InChI is InChI=1S/C14H16BrCl2NO5S/c1-24(21,22)11-4-2-10(3-5-11)9-18(14(20)13(16)17)6-7-23-12(19)8-15/h2-5,13H,6-9H2,1H3. The van der Waals surface area contributed by atoms with Crippen LogP contribution in [0.3, 0.4) is 0 Å². The van der Waals surface area contributed by atoms with Gasteiger partial charge in [-0.05, 0) is 17.7 Å². The van der Waals surface area contributed by atoms with Gasteiger partial charge in [-0.2, -0.15) is 0 Å². The number of hydrogen-bond acceptors (Lipinski definition) is 5. The first-order chi connectivity index (χ1) is 11.1. The fourth-order valence-corrected chi connectivity index (χ4v) is 2.84. The second-order valence-electron chi connectivity index (χ2n) is 4.83. The summed E-state index contributed by atoms with van der Waals surface area (Å²) in [4.78, 5) is 23.4. The van der Waals surface area contributed by atoms with Crippen molar-refractivity contribution in [3.8, 4) is 0 Å². The van der Waals surface area contributed by atoms with Gasteiger partial charge in [-0.1, -0.05) is 51.3 Å². The summed E-state index contributed by atoms with van der Waals surface area (Å²) in [6, 6.07) is 6.10. The van der Waals surface area contributed by atoms with Crippen molar-refractivity contribution in [3.05, 3.63) is 29.8 Å². The van der Waals surface area contributed by atoms with E-state index in [1.807, 2.05) is 0 Å². The molecule has 0 aliphatic carbocycles. The van der Waals surface area contributed by atoms with Crippen molar-refractivity contribution < 1.29 is 22.7 Å². The molecule has 1 rings (SSSR count). The molecular weight excluding hydrogens is 445 g/mol. The Balaban J connectivity index is 2.80. The molecule has 0 N–H and O–H groups in total. The predicted octanol–water partition coefficient (Wildman–Crippen LogP) is 2.16. The second kappa shape index (κ2) is 9.60. The predicted molar refractivity (Wildman–Crippen MR) is 95.2 cm³/mol. The molecule has 0 unspecified atom stereocenters. The Kier molecular flexibility index (Phi) is 8.49. The van der Waals surface area contributed by atoms with Gasteiger partial charge in [0.2, 0.25) is 0 Å². The van der Waals surface area contributed by atoms with Gasteiger partial charge in [-0.3, -0.25) is 9.59 Å². The van der Waals surface area contributed by atoms with Crippen molar-refractivity contribution >= 4 is 60.8 Å². The molecule has 0 aliphatic rings. The maximum Gasteiger partial charge on any atom is 0.316 e. The van der Waals surface area contributed by atoms with Crippen LogP contribution >= 0.6 is 39.1 Å². The number of carbonyl (C=O) groups excluding carboxylic acids is 2. The van der Waals surface area contributed by atoms with Gasteiger partial charge in [0, 0.05) is 12.8 Å². The van der Waals surface area contributed by atoms with Crippen molar-refractivity contribution in [1.29, 1.82) is 0 Å². The maximum atomic E-state index is 12.0. The number of benzene rings is 1. The fourth-order valence-electron chi connectivity index (χ4n) is 1.78. The van der Waals surface area contributed by atoms with E-state index in [0.29, 0.717) is 5.56 Å². The van der Waals surface area contributed by atoms with Crippen LogP contribution in [0.4, 0.5) is 0 Å². The Hall–Kier alpha value is -0.830. The number of ether oxygens (including phenoxy) is 1. The third-order valence-corrected chi connectivity index (χ3v) is 4.92. The van der Waals surface area contributed by atoms with Crippen LogP contribution in [0.1, 0.15) is 5.56 Å². The molecule has 0 radical (unpaired) electrons. The van der Waals surface area contributed by atoms with Crippen LogP contribution in [0.2, 0.25) is 0 Å². The van der Waals surface area contributed by atoms with E-state index in [1.165, 1.54) is 17.0 Å². The van der Waals surface area contributed by atoms with Crippen molar-refractivity contribution in [1.82, 2.24) is 4.90 Å². The summed E-state index contributed by atoms with van der Waals surface area (Å²) in [5.41, 5.74) is 0.691. The molecule has 1 amide bonds. The number of esters is 1. The number of alkyl halides is 3. The number of hydrogen-bond donors (Lipinski definition) is 0. The molecule has 0 atom stereocenters. The number of rotatable bonds is 8. The lowest BCUT2D eigenvalue weighted by Crippen LogP contribution is -2.37. The minimum atomic E-state index is -3.29. The molecule has 0 aliphatic heterocycles. The summed E-state index contributed by atoms with van der Waals surface area (Å²) in [6.45, 7) is 0.268. The molecule has 24 heavy (non-hydrogen) atoms. The van der Waals surface area contributed by atoms with Crippen molar-refractivity contribution in [2.75, 3.05) is 24.7 Å². The molecule has 10 heteroatoms. The summed E-state index contributed by atoms with van der Waals surface area (Å²) in [5.74, 6) is -0.978. The Bertz CT molecular complexity index is 679. The molecule has 0 aromatic heterocycles. The summed E-state index contributed by atoms with van der Waals surface area (Å²) >= 11 is 14.2. The van der Waals surface area contributed by atoms with Crippen LogP contribution in [-0.4, -0.2) is 54.8 Å². The minimum Gasteiger partial charge on any atom is -0.463 e. The van der Waals surface area contributed by atoms with Gasteiger partial charge < -0.3 is 9.64 Å². The normalized spacial score (nSPS) is 11.4. The SMILES string of the molecule is CS(=O)(=O)c1ccc(CN(CCOC(=O)CBr)C(=O)C(Cl)Cl)cc1. The van der Waals surface area contributed by atoms with E-state index in [1.54, 1.807) is 12.1 Å². The number of carbonyl (C=O) groups is 2. The van der Waals surface area contributed by atoms with Gasteiger partial charge in [-0.25, -0.2) is 8.42 Å². The number of sulfone groups is 1. The highest BCUT2D eigenvalue weighted by atomic mass is 79.9. The van der Waals surface area contributed by atoms with E-state index >= 15 is 0 Å². The molecule has 1 aromatic carbocycles. The zero-order valence-electron chi connectivity index (χ0n) is 12.7. The highest BCUT2D eigenvalue weighted by Gasteiger charge is 2.21. The number of nitrogens with zero attached hydrogens (tertiary/aromatic N) is 1. The zero-order chi connectivity index (χ0) is 18.3. The average Bonchev–Trinajstić information content (AvgIpc) is 2.52. The van der Waals surface area contributed by atoms with Crippen molar-refractivity contribution in [2.24, 2.45) is 0 Å². The van der Waals surface area contributed by atoms with E-state index < -0.39 is 26.6 Å². The molecule has 0 fully saturated rings. The first kappa shape index (κ1) is 21.2. The lowest BCUT2D eigenvalue weighted by Gasteiger charge is -2.23. The topological polar surface area (TPSA) is 80.8 Å². The molecule has 0 bridgehead atoms. The van der Waals surface area contributed by atoms with E-state index in [9.17, 15) is 18.0 Å². The first-order valence-electron chi connectivity index (χ1n) is 6.72. The van der Waals surface area contributed by atoms with E-state index in [-0.39, 0.29) is 29.9 Å². The lowest BCUT2D eigenvalue weighted by molar-refractivity contribution is -0.142. The Labute approximate surface area is 159 Å². The first-order valence-corrected chi connectivity index (χ1v) is 10.6. The van der Waals surface area contributed by atoms with Gasteiger partial charge in [0.05, 0.1) is 11.4 Å². The molecule has 0 spiro atoms. The van der Waals surface area contributed by atoms with Crippen LogP contribution in [0.5, 0.6) is 0 Å². The van der Waals surface area contributed by atoms with Gasteiger partial charge in [0.1, 0.15) is 11.9 Å². The molecule has 0 saturated carbocycles. The van der Waals surface area contributed by atoms with E-state index in [2.05, 4.69) is 15.9 Å². The largest absolute Gasteiger partial charge is 0.463 e. The Morgan fingerprint density at radius 2 is 1.83 bits per heavy atom. The highest BCUT2D eigenvalue weighted by molar-refractivity contribution is 9.09. The summed E-state index contributed by atoms with van der Waals surface area (Å²) in [7, 11) is -3.29. The fraction of sp³-hybridized carbons (Fsp3) is 0.429. The van der Waals surface area contributed by atoms with Crippen LogP contribution in [0, 0.1) is 0 Å². The monoisotopic (exact) mass is 459 g/mol. The quantitative estimate of drug-likeness (QED) is 0.438. The summed E-state index contributed by atoms with van der Waals surface area (Å²) in [6.07, 6.45) is 1.11. The Morgan fingerprint density at radius 1 is 1.25 bits per heavy atom. The third kappa shape index (κ3) is 6.96. The van der Waals surface area contributed by atoms with E-state index in [0.717, 1.165) is 6.26 Å². The molecule has 6 nitrogen and oxygen atoms in total. The smallest absolute Gasteiger partial charge is 0.316 e. The molecular formula is C14H16BrCl2NO5S. The number of halogens is 3. The number of amides is 1. The lowest BCUT2D eigenvalue weighted by atomic mass is 10.2. The van der Waals surface area contributed by atoms with Crippen molar-refractivity contribution in [2.45, 2.75) is 16.3 Å². The average molecular weight is 461 g/mol. The highest BCUT2D eigenvalue weighted by Crippen LogP contribution is 2.14. The van der Waals surface area contributed by atoms with Crippen LogP contribution < -0.4 is 0 Å². The second-order valence-corrected chi connectivity index (χ2v) is 8.50. The minimum absolute atomic E-state index is 0.00189.